The first-order chi connectivity index (χ1) is 10.5. The Morgan fingerprint density at radius 3 is 3.00 bits per heavy atom. The second kappa shape index (κ2) is 5.57. The first-order valence-electron chi connectivity index (χ1n) is 7.45. The maximum atomic E-state index is 12.4. The quantitative estimate of drug-likeness (QED) is 0.897. The van der Waals surface area contributed by atoms with E-state index in [1.54, 1.807) is 10.9 Å². The minimum atomic E-state index is -0.165. The van der Waals surface area contributed by atoms with Gasteiger partial charge in [-0.1, -0.05) is 0 Å². The highest BCUT2D eigenvalue weighted by Crippen LogP contribution is 2.30. The molecule has 118 valence electrons. The van der Waals surface area contributed by atoms with E-state index in [-0.39, 0.29) is 18.1 Å². The molecule has 0 fully saturated rings. The third-order valence-electron chi connectivity index (χ3n) is 4.23. The predicted octanol–water partition coefficient (Wildman–Crippen LogP) is 1.40. The third-order valence-corrected chi connectivity index (χ3v) is 4.23. The summed E-state index contributed by atoms with van der Waals surface area (Å²) in [5, 5.41) is 14.2. The zero-order chi connectivity index (χ0) is 15.9. The molecule has 0 saturated heterocycles. The van der Waals surface area contributed by atoms with Gasteiger partial charge in [-0.3, -0.25) is 14.6 Å². The zero-order valence-electron chi connectivity index (χ0n) is 13.3. The Kier molecular flexibility index (Phi) is 3.74. The number of nitrogens with zero attached hydrogens (tertiary/aromatic N) is 3. The van der Waals surface area contributed by atoms with Crippen molar-refractivity contribution in [1.29, 1.82) is 0 Å². The molecule has 0 spiro atoms. The average Bonchev–Trinajstić information content (AvgIpc) is 3.02. The summed E-state index contributed by atoms with van der Waals surface area (Å²) >= 11 is 0. The van der Waals surface area contributed by atoms with E-state index in [1.807, 2.05) is 27.8 Å². The summed E-state index contributed by atoms with van der Waals surface area (Å²) in [5.74, 6) is -0.165. The van der Waals surface area contributed by atoms with Crippen LogP contribution in [0.1, 0.15) is 53.0 Å². The second-order valence-electron chi connectivity index (χ2n) is 5.82. The molecule has 3 heterocycles. The van der Waals surface area contributed by atoms with Crippen molar-refractivity contribution in [1.82, 2.24) is 25.3 Å². The number of aromatic amines is 1. The van der Waals surface area contributed by atoms with Gasteiger partial charge < -0.3 is 10.1 Å². The van der Waals surface area contributed by atoms with Gasteiger partial charge >= 0.3 is 0 Å². The highest BCUT2D eigenvalue weighted by atomic mass is 16.5. The molecule has 2 aromatic heterocycles. The van der Waals surface area contributed by atoms with Gasteiger partial charge in [-0.15, -0.1) is 0 Å². The number of carbonyl (C=O) groups is 1. The van der Waals surface area contributed by atoms with Crippen molar-refractivity contribution in [2.45, 2.75) is 45.9 Å². The molecule has 7 heteroatoms. The highest BCUT2D eigenvalue weighted by molar-refractivity contribution is 5.94. The van der Waals surface area contributed by atoms with Crippen LogP contribution in [-0.4, -0.2) is 32.0 Å². The van der Waals surface area contributed by atoms with E-state index in [1.165, 1.54) is 0 Å². The average molecular weight is 303 g/mol. The Bertz CT molecular complexity index is 703. The molecule has 0 bridgehead atoms. The Labute approximate surface area is 129 Å². The molecule has 1 aliphatic heterocycles. The van der Waals surface area contributed by atoms with Crippen LogP contribution in [0.25, 0.3) is 0 Å². The molecule has 2 atom stereocenters. The van der Waals surface area contributed by atoms with Crippen molar-refractivity contribution in [3.05, 3.63) is 34.4 Å². The van der Waals surface area contributed by atoms with Gasteiger partial charge in [-0.25, -0.2) is 0 Å². The first kappa shape index (κ1) is 14.8. The minimum absolute atomic E-state index is 0.0617. The molecule has 0 aromatic carbocycles. The summed E-state index contributed by atoms with van der Waals surface area (Å²) < 4.78 is 7.53. The van der Waals surface area contributed by atoms with E-state index in [9.17, 15) is 4.79 Å². The molecule has 2 aromatic rings. The van der Waals surface area contributed by atoms with E-state index in [0.29, 0.717) is 18.7 Å². The Balaban J connectivity index is 1.75. The molecule has 2 N–H and O–H groups in total. The van der Waals surface area contributed by atoms with Gasteiger partial charge in [-0.05, 0) is 20.8 Å². The lowest BCUT2D eigenvalue weighted by molar-refractivity contribution is -0.00697. The zero-order valence-corrected chi connectivity index (χ0v) is 13.3. The number of hydrogen-bond acceptors (Lipinski definition) is 4. The molecule has 0 radical (unpaired) electrons. The maximum absolute atomic E-state index is 12.4. The SMILES string of the molecule is Cc1c(CNC(=O)c2n[nH]c3c2C[C@@H](C)O[C@H]3C)cnn1C. The van der Waals surface area contributed by atoms with E-state index in [4.69, 9.17) is 4.74 Å². The van der Waals surface area contributed by atoms with Crippen molar-refractivity contribution in [2.75, 3.05) is 0 Å². The fourth-order valence-electron chi connectivity index (χ4n) is 2.84. The highest BCUT2D eigenvalue weighted by Gasteiger charge is 2.29. The lowest BCUT2D eigenvalue weighted by Crippen LogP contribution is -2.27. The summed E-state index contributed by atoms with van der Waals surface area (Å²) in [6, 6.07) is 0. The number of H-pyrrole nitrogens is 1. The molecule has 3 rings (SSSR count). The summed E-state index contributed by atoms with van der Waals surface area (Å²) in [6.45, 7) is 6.40. The fraction of sp³-hybridized carbons (Fsp3) is 0.533. The van der Waals surface area contributed by atoms with Crippen molar-refractivity contribution in [3.8, 4) is 0 Å². The lowest BCUT2D eigenvalue weighted by Gasteiger charge is -2.25. The largest absolute Gasteiger partial charge is 0.369 e. The summed E-state index contributed by atoms with van der Waals surface area (Å²) in [6.07, 6.45) is 2.50. The molecule has 1 amide bonds. The van der Waals surface area contributed by atoms with Crippen molar-refractivity contribution >= 4 is 5.91 Å². The van der Waals surface area contributed by atoms with Crippen LogP contribution in [-0.2, 0) is 24.8 Å². The summed E-state index contributed by atoms with van der Waals surface area (Å²) in [4.78, 5) is 12.4. The van der Waals surface area contributed by atoms with Crippen molar-refractivity contribution in [3.63, 3.8) is 0 Å². The molecule has 22 heavy (non-hydrogen) atoms. The monoisotopic (exact) mass is 303 g/mol. The van der Waals surface area contributed by atoms with Crippen LogP contribution in [0.4, 0.5) is 0 Å². The van der Waals surface area contributed by atoms with Crippen LogP contribution in [0.3, 0.4) is 0 Å². The van der Waals surface area contributed by atoms with E-state index in [2.05, 4.69) is 20.6 Å². The standard InChI is InChI=1S/C15H21N5O2/c1-8-5-12-13(10(3)22-8)18-19-14(12)15(21)16-6-11-7-17-20(4)9(11)2/h7-8,10H,5-6H2,1-4H3,(H,16,21)(H,18,19)/t8-,10+/m1/s1. The summed E-state index contributed by atoms with van der Waals surface area (Å²) in [5.41, 5.74) is 4.39. The first-order valence-corrected chi connectivity index (χ1v) is 7.45. The molecular formula is C15H21N5O2. The van der Waals surface area contributed by atoms with Gasteiger partial charge in [0.25, 0.3) is 5.91 Å². The van der Waals surface area contributed by atoms with Crippen LogP contribution in [0.15, 0.2) is 6.20 Å². The molecule has 7 nitrogen and oxygen atoms in total. The number of fused-ring (bicyclic) bond motifs is 1. The lowest BCUT2D eigenvalue weighted by atomic mass is 9.99. The van der Waals surface area contributed by atoms with Gasteiger partial charge in [0.1, 0.15) is 0 Å². The van der Waals surface area contributed by atoms with E-state index in [0.717, 1.165) is 22.5 Å². The van der Waals surface area contributed by atoms with Crippen LogP contribution in [0.2, 0.25) is 0 Å². The van der Waals surface area contributed by atoms with Crippen LogP contribution >= 0.6 is 0 Å². The maximum Gasteiger partial charge on any atom is 0.272 e. The number of ether oxygens (including phenoxy) is 1. The number of hydrogen-bond donors (Lipinski definition) is 2. The second-order valence-corrected chi connectivity index (χ2v) is 5.82. The molecule has 0 unspecified atom stereocenters. The molecule has 0 saturated carbocycles. The number of aryl methyl sites for hydroxylation is 1. The fourth-order valence-corrected chi connectivity index (χ4v) is 2.84. The van der Waals surface area contributed by atoms with Crippen molar-refractivity contribution in [2.24, 2.45) is 7.05 Å². The third kappa shape index (κ3) is 2.52. The number of rotatable bonds is 3. The Hall–Kier alpha value is -2.15. The number of carbonyl (C=O) groups excluding carboxylic acids is 1. The Morgan fingerprint density at radius 1 is 1.55 bits per heavy atom. The molecule has 1 aliphatic rings. The van der Waals surface area contributed by atoms with Gasteiger partial charge in [-0.2, -0.15) is 10.2 Å². The van der Waals surface area contributed by atoms with Crippen LogP contribution < -0.4 is 5.32 Å². The number of amides is 1. The topological polar surface area (TPSA) is 84.8 Å². The normalized spacial score (nSPS) is 20.7. The van der Waals surface area contributed by atoms with Gasteiger partial charge in [0, 0.05) is 36.8 Å². The van der Waals surface area contributed by atoms with Crippen molar-refractivity contribution < 1.29 is 9.53 Å². The minimum Gasteiger partial charge on any atom is -0.369 e. The van der Waals surface area contributed by atoms with E-state index < -0.39 is 0 Å². The summed E-state index contributed by atoms with van der Waals surface area (Å²) in [7, 11) is 1.88. The van der Waals surface area contributed by atoms with Gasteiger partial charge in [0.2, 0.25) is 0 Å². The number of nitrogens with one attached hydrogen (secondary N) is 2. The van der Waals surface area contributed by atoms with Gasteiger partial charge in [0.05, 0.1) is 24.1 Å². The molecule has 0 aliphatic carbocycles. The Morgan fingerprint density at radius 2 is 2.32 bits per heavy atom. The molecular weight excluding hydrogens is 282 g/mol. The van der Waals surface area contributed by atoms with Gasteiger partial charge in [0.15, 0.2) is 5.69 Å². The van der Waals surface area contributed by atoms with E-state index >= 15 is 0 Å². The predicted molar refractivity (Wildman–Crippen MR) is 80.4 cm³/mol. The smallest absolute Gasteiger partial charge is 0.272 e. The number of aromatic nitrogens is 4. The van der Waals surface area contributed by atoms with Crippen LogP contribution in [0.5, 0.6) is 0 Å². The van der Waals surface area contributed by atoms with Crippen LogP contribution in [0, 0.1) is 6.92 Å².